The van der Waals surface area contributed by atoms with Crippen molar-refractivity contribution in [2.45, 2.75) is 63.9 Å². The molecule has 1 spiro atoms. The fourth-order valence-corrected chi connectivity index (χ4v) is 3.71. The third-order valence-corrected chi connectivity index (χ3v) is 4.59. The molecule has 2 saturated carbocycles. The molecule has 0 radical (unpaired) electrons. The lowest BCUT2D eigenvalue weighted by molar-refractivity contribution is -0.0505. The van der Waals surface area contributed by atoms with Crippen LogP contribution in [0.2, 0.25) is 0 Å². The first kappa shape index (κ1) is 10.2. The Kier molecular flexibility index (Phi) is 2.46. The van der Waals surface area contributed by atoms with Gasteiger partial charge in [0.05, 0.1) is 5.60 Å². The Labute approximate surface area is 87.2 Å². The van der Waals surface area contributed by atoms with Gasteiger partial charge >= 0.3 is 0 Å². The Bertz CT molecular complexity index is 238. The molecular weight excluding hydrogens is 172 g/mol. The monoisotopic (exact) mass is 194 g/mol. The zero-order valence-electron chi connectivity index (χ0n) is 9.31. The SMILES string of the molecule is C=C(C)C1(O)CCCC12CCCCC2. The topological polar surface area (TPSA) is 20.2 Å². The fourth-order valence-electron chi connectivity index (χ4n) is 3.71. The molecule has 0 heterocycles. The summed E-state index contributed by atoms with van der Waals surface area (Å²) < 4.78 is 0. The molecule has 0 aliphatic heterocycles. The molecule has 14 heavy (non-hydrogen) atoms. The summed E-state index contributed by atoms with van der Waals surface area (Å²) in [5, 5.41) is 10.7. The lowest BCUT2D eigenvalue weighted by atomic mass is 9.63. The van der Waals surface area contributed by atoms with Crippen LogP contribution >= 0.6 is 0 Å². The van der Waals surface area contributed by atoms with Gasteiger partial charge in [0.15, 0.2) is 0 Å². The van der Waals surface area contributed by atoms with E-state index in [1.807, 2.05) is 6.92 Å². The molecule has 0 saturated heterocycles. The second kappa shape index (κ2) is 3.37. The highest BCUT2D eigenvalue weighted by Gasteiger charge is 2.53. The predicted octanol–water partition coefficient (Wildman–Crippen LogP) is 3.43. The molecule has 0 aromatic rings. The summed E-state index contributed by atoms with van der Waals surface area (Å²) in [5.74, 6) is 0. The van der Waals surface area contributed by atoms with E-state index in [4.69, 9.17) is 0 Å². The van der Waals surface area contributed by atoms with E-state index in [9.17, 15) is 5.11 Å². The molecule has 1 nitrogen and oxygen atoms in total. The minimum Gasteiger partial charge on any atom is -0.385 e. The van der Waals surface area contributed by atoms with Gasteiger partial charge in [-0.2, -0.15) is 0 Å². The summed E-state index contributed by atoms with van der Waals surface area (Å²) in [4.78, 5) is 0. The minimum absolute atomic E-state index is 0.205. The average Bonchev–Trinajstić information content (AvgIpc) is 2.47. The minimum atomic E-state index is -0.534. The highest BCUT2D eigenvalue weighted by Crippen LogP contribution is 2.57. The maximum absolute atomic E-state index is 10.7. The smallest absolute Gasteiger partial charge is 0.0907 e. The fraction of sp³-hybridized carbons (Fsp3) is 0.846. The average molecular weight is 194 g/mol. The first-order valence-electron chi connectivity index (χ1n) is 5.99. The van der Waals surface area contributed by atoms with Crippen LogP contribution < -0.4 is 0 Å². The van der Waals surface area contributed by atoms with Crippen molar-refractivity contribution < 1.29 is 5.11 Å². The number of hydrogen-bond donors (Lipinski definition) is 1. The number of rotatable bonds is 1. The van der Waals surface area contributed by atoms with E-state index in [0.29, 0.717) is 0 Å². The van der Waals surface area contributed by atoms with Crippen molar-refractivity contribution >= 4 is 0 Å². The van der Waals surface area contributed by atoms with Crippen molar-refractivity contribution in [2.75, 3.05) is 0 Å². The van der Waals surface area contributed by atoms with E-state index in [0.717, 1.165) is 12.0 Å². The van der Waals surface area contributed by atoms with E-state index >= 15 is 0 Å². The zero-order valence-corrected chi connectivity index (χ0v) is 9.31. The van der Waals surface area contributed by atoms with Crippen LogP contribution in [0.5, 0.6) is 0 Å². The summed E-state index contributed by atoms with van der Waals surface area (Å²) in [6.45, 7) is 6.01. The lowest BCUT2D eigenvalue weighted by Gasteiger charge is -2.45. The highest BCUT2D eigenvalue weighted by atomic mass is 16.3. The molecular formula is C13H22O. The first-order chi connectivity index (χ1) is 6.61. The Balaban J connectivity index is 2.27. The van der Waals surface area contributed by atoms with Gasteiger partial charge in [-0.3, -0.25) is 0 Å². The Morgan fingerprint density at radius 2 is 1.57 bits per heavy atom. The summed E-state index contributed by atoms with van der Waals surface area (Å²) in [6, 6.07) is 0. The summed E-state index contributed by atoms with van der Waals surface area (Å²) in [7, 11) is 0. The van der Waals surface area contributed by atoms with Crippen LogP contribution in [-0.4, -0.2) is 10.7 Å². The van der Waals surface area contributed by atoms with Crippen LogP contribution in [-0.2, 0) is 0 Å². The van der Waals surface area contributed by atoms with Crippen LogP contribution in [0.3, 0.4) is 0 Å². The van der Waals surface area contributed by atoms with Crippen molar-refractivity contribution in [3.8, 4) is 0 Å². The molecule has 0 aromatic carbocycles. The van der Waals surface area contributed by atoms with Crippen molar-refractivity contribution in [3.63, 3.8) is 0 Å². The summed E-state index contributed by atoms with van der Waals surface area (Å²) >= 11 is 0. The molecule has 1 heteroatoms. The van der Waals surface area contributed by atoms with Crippen molar-refractivity contribution in [1.82, 2.24) is 0 Å². The molecule has 2 aliphatic rings. The standard InChI is InChI=1S/C13H22O/c1-11(2)13(14)10-6-9-12(13)7-4-3-5-8-12/h14H,1,3-10H2,2H3. The van der Waals surface area contributed by atoms with Gasteiger partial charge in [-0.25, -0.2) is 0 Å². The predicted molar refractivity (Wildman–Crippen MR) is 59.1 cm³/mol. The Morgan fingerprint density at radius 3 is 2.14 bits per heavy atom. The molecule has 2 rings (SSSR count). The van der Waals surface area contributed by atoms with Gasteiger partial charge in [-0.1, -0.05) is 25.8 Å². The molecule has 2 fully saturated rings. The van der Waals surface area contributed by atoms with Gasteiger partial charge in [-0.15, -0.1) is 0 Å². The second-order valence-corrected chi connectivity index (χ2v) is 5.34. The zero-order chi connectivity index (χ0) is 10.2. The molecule has 80 valence electrons. The highest BCUT2D eigenvalue weighted by molar-refractivity contribution is 5.20. The van der Waals surface area contributed by atoms with Crippen LogP contribution in [0.25, 0.3) is 0 Å². The largest absolute Gasteiger partial charge is 0.385 e. The summed E-state index contributed by atoms with van der Waals surface area (Å²) in [6.07, 6.45) is 9.74. The van der Waals surface area contributed by atoms with Crippen molar-refractivity contribution in [2.24, 2.45) is 5.41 Å². The van der Waals surface area contributed by atoms with Gasteiger partial charge in [0.1, 0.15) is 0 Å². The van der Waals surface area contributed by atoms with Crippen molar-refractivity contribution in [1.29, 1.82) is 0 Å². The van der Waals surface area contributed by atoms with Gasteiger partial charge in [0.2, 0.25) is 0 Å². The van der Waals surface area contributed by atoms with Crippen LogP contribution in [0.4, 0.5) is 0 Å². The molecule has 2 aliphatic carbocycles. The van der Waals surface area contributed by atoms with Gasteiger partial charge in [0.25, 0.3) is 0 Å². The molecule has 1 N–H and O–H groups in total. The molecule has 0 aromatic heterocycles. The van der Waals surface area contributed by atoms with Gasteiger partial charge in [0, 0.05) is 5.41 Å². The molecule has 0 bridgehead atoms. The van der Waals surface area contributed by atoms with Crippen LogP contribution in [0.15, 0.2) is 12.2 Å². The third kappa shape index (κ3) is 1.25. The van der Waals surface area contributed by atoms with Crippen molar-refractivity contribution in [3.05, 3.63) is 12.2 Å². The molecule has 0 amide bonds. The van der Waals surface area contributed by atoms with E-state index in [2.05, 4.69) is 6.58 Å². The first-order valence-corrected chi connectivity index (χ1v) is 5.99. The normalized spacial score (nSPS) is 36.1. The number of aliphatic hydroxyl groups is 1. The Morgan fingerprint density at radius 1 is 1.00 bits per heavy atom. The van der Waals surface area contributed by atoms with E-state index in [1.54, 1.807) is 0 Å². The number of hydrogen-bond acceptors (Lipinski definition) is 1. The van der Waals surface area contributed by atoms with Gasteiger partial charge < -0.3 is 5.11 Å². The lowest BCUT2D eigenvalue weighted by Crippen LogP contribution is -2.45. The van der Waals surface area contributed by atoms with Crippen LogP contribution in [0.1, 0.15) is 58.3 Å². The van der Waals surface area contributed by atoms with E-state index in [1.165, 1.54) is 44.9 Å². The molecule has 1 atom stereocenters. The maximum atomic E-state index is 10.7. The Hall–Kier alpha value is -0.300. The maximum Gasteiger partial charge on any atom is 0.0907 e. The summed E-state index contributed by atoms with van der Waals surface area (Å²) in [5.41, 5.74) is 0.668. The quantitative estimate of drug-likeness (QED) is 0.634. The second-order valence-electron chi connectivity index (χ2n) is 5.34. The molecule has 1 unspecified atom stereocenters. The van der Waals surface area contributed by atoms with E-state index in [-0.39, 0.29) is 5.41 Å². The van der Waals surface area contributed by atoms with Crippen LogP contribution in [0, 0.1) is 5.41 Å². The third-order valence-electron chi connectivity index (χ3n) is 4.59. The van der Waals surface area contributed by atoms with Gasteiger partial charge in [-0.05, 0) is 44.6 Å². The van der Waals surface area contributed by atoms with E-state index < -0.39 is 5.60 Å².